The average Bonchev–Trinajstić information content (AvgIpc) is 3.30. The summed E-state index contributed by atoms with van der Waals surface area (Å²) in [4.78, 5) is 53.4. The Morgan fingerprint density at radius 2 is 1.72 bits per heavy atom. The lowest BCUT2D eigenvalue weighted by Crippen LogP contribution is -2.29. The first-order valence-electron chi connectivity index (χ1n) is 13.3. The van der Waals surface area contributed by atoms with Gasteiger partial charge < -0.3 is 45.3 Å². The number of phosphoric ester groups is 1. The molecule has 8 N–H and O–H groups in total. The second-order valence-corrected chi connectivity index (χ2v) is 21.5. The lowest BCUT2D eigenvalue weighted by molar-refractivity contribution is -0.0543. The minimum Gasteiger partial charge on any atom is -0.382 e. The van der Waals surface area contributed by atoms with Gasteiger partial charge in [0, 0.05) is 28.7 Å². The molecule has 0 amide bonds. The summed E-state index contributed by atoms with van der Waals surface area (Å²) in [6, 6.07) is 0. The van der Waals surface area contributed by atoms with Crippen molar-refractivity contribution < 1.29 is 60.6 Å². The molecule has 0 aliphatic carbocycles. The van der Waals surface area contributed by atoms with Crippen LogP contribution in [-0.2, 0) is 41.1 Å². The van der Waals surface area contributed by atoms with E-state index in [0.29, 0.717) is 12.5 Å². The van der Waals surface area contributed by atoms with Crippen molar-refractivity contribution in [3.63, 3.8) is 0 Å². The van der Waals surface area contributed by atoms with Crippen molar-refractivity contribution in [2.75, 3.05) is 37.4 Å². The van der Waals surface area contributed by atoms with E-state index in [9.17, 15) is 28.3 Å². The molecule has 1 aromatic rings. The van der Waals surface area contributed by atoms with Crippen molar-refractivity contribution in [3.05, 3.63) is 22.2 Å². The normalized spacial score (nSPS) is 21.5. The van der Waals surface area contributed by atoms with Crippen molar-refractivity contribution in [1.29, 1.82) is 0 Å². The molecule has 47 heavy (non-hydrogen) atoms. The largest absolute Gasteiger partial charge is 0.490 e. The van der Waals surface area contributed by atoms with E-state index in [2.05, 4.69) is 25.4 Å². The van der Waals surface area contributed by atoms with Crippen LogP contribution in [0.1, 0.15) is 52.8 Å². The number of hydrogen-bond donors (Lipinski definition) is 6. The highest BCUT2D eigenvalue weighted by Gasteiger charge is 2.43. The van der Waals surface area contributed by atoms with Gasteiger partial charge in [0.2, 0.25) is 0 Å². The van der Waals surface area contributed by atoms with Gasteiger partial charge in [0.05, 0.1) is 18.3 Å². The van der Waals surface area contributed by atoms with E-state index in [1.54, 1.807) is 10.8 Å². The van der Waals surface area contributed by atoms with Gasteiger partial charge >= 0.3 is 29.2 Å². The Hall–Kier alpha value is -0.110. The van der Waals surface area contributed by atoms with Gasteiger partial charge in [-0.3, -0.25) is 9.09 Å². The summed E-state index contributed by atoms with van der Waals surface area (Å²) < 4.78 is 65.4. The Morgan fingerprint density at radius 3 is 2.34 bits per heavy atom. The number of aromatic nitrogens is 2. The van der Waals surface area contributed by atoms with E-state index in [1.807, 2.05) is 34.6 Å². The molecule has 1 aliphatic heterocycles. The predicted octanol–water partition coefficient (Wildman–Crippen LogP) is 3.42. The summed E-state index contributed by atoms with van der Waals surface area (Å²) in [6.07, 6.45) is -1.65. The zero-order valence-electron chi connectivity index (χ0n) is 25.9. The van der Waals surface area contributed by atoms with Crippen LogP contribution in [0.2, 0.25) is 0 Å². The number of hydrogen-bond acceptors (Lipinski definition) is 17. The molecular formula is C22H39N4O14P3S4. The Kier molecular flexibility index (Phi) is 16.9. The van der Waals surface area contributed by atoms with Crippen LogP contribution in [0.4, 0.5) is 5.82 Å². The van der Waals surface area contributed by atoms with Crippen molar-refractivity contribution in [2.45, 2.75) is 69.0 Å². The molecule has 5 atom stereocenters. The fourth-order valence-electron chi connectivity index (χ4n) is 3.24. The third-order valence-corrected chi connectivity index (χ3v) is 15.0. The van der Waals surface area contributed by atoms with E-state index in [-0.39, 0.29) is 39.8 Å². The van der Waals surface area contributed by atoms with Gasteiger partial charge in [-0.05, 0) is 13.8 Å². The third-order valence-electron chi connectivity index (χ3n) is 5.23. The van der Waals surface area contributed by atoms with Gasteiger partial charge in [0.1, 0.15) is 36.6 Å². The molecule has 1 aromatic heterocycles. The maximum atomic E-state index is 12.8. The van der Waals surface area contributed by atoms with Crippen LogP contribution in [0.5, 0.6) is 0 Å². The van der Waals surface area contributed by atoms with E-state index in [0.717, 1.165) is 4.57 Å². The van der Waals surface area contributed by atoms with Crippen LogP contribution in [-0.4, -0.2) is 82.5 Å². The lowest BCUT2D eigenvalue weighted by atomic mass is 10.2. The van der Waals surface area contributed by atoms with Crippen LogP contribution in [0.25, 0.3) is 0 Å². The maximum Gasteiger partial charge on any atom is 0.490 e. The Bertz CT molecular complexity index is 1460. The molecule has 0 bridgehead atoms. The first kappa shape index (κ1) is 43.1. The minimum atomic E-state index is -5.73. The number of nitrogens with two attached hydrogens (primary N) is 2. The van der Waals surface area contributed by atoms with E-state index >= 15 is 0 Å². The highest BCUT2D eigenvalue weighted by atomic mass is 33.1. The van der Waals surface area contributed by atoms with Crippen molar-refractivity contribution in [1.82, 2.24) is 9.55 Å². The fourth-order valence-corrected chi connectivity index (χ4v) is 10.4. The minimum absolute atomic E-state index is 0.0285. The standard InChI is InChI=1S/C22H39N4O14P3S4/c1-21(2,3)46-45-14-36-16-9-18(38-17(16)11-37-42(31,32)40-43(33,34)39-41(28,29)30)26-10-15(19(24)25-20(26)27)7-6-8-35-13-44-47-22(4,5)12-23/h10,16-18H,8-9,11-14,23H2,1-5H3,(H,31,32)(H,33,34)(H2,24,25,27)(H2,28,29,30)/t16?,17-,18-/m1/s1. The Morgan fingerprint density at radius 1 is 1.06 bits per heavy atom. The Balaban J connectivity index is 2.16. The number of nitrogens with zero attached hydrogens (tertiary/aromatic N) is 2. The summed E-state index contributed by atoms with van der Waals surface area (Å²) in [5.41, 5.74) is 11.0. The topological polar surface area (TPSA) is 274 Å². The van der Waals surface area contributed by atoms with Gasteiger partial charge in [0.15, 0.2) is 0 Å². The van der Waals surface area contributed by atoms with Gasteiger partial charge in [-0.2, -0.15) is 13.6 Å². The Labute approximate surface area is 287 Å². The van der Waals surface area contributed by atoms with Crippen molar-refractivity contribution >= 4 is 72.5 Å². The predicted molar refractivity (Wildman–Crippen MR) is 182 cm³/mol. The van der Waals surface area contributed by atoms with Gasteiger partial charge in [-0.25, -0.2) is 18.5 Å². The van der Waals surface area contributed by atoms with Crippen LogP contribution in [0.15, 0.2) is 11.0 Å². The number of ether oxygens (including phenoxy) is 3. The quantitative estimate of drug-likeness (QED) is 0.0408. The molecule has 18 nitrogen and oxygen atoms in total. The molecular weight excluding hydrogens is 765 g/mol. The summed E-state index contributed by atoms with van der Waals surface area (Å²) in [6.45, 7) is 9.83. The summed E-state index contributed by atoms with van der Waals surface area (Å²) >= 11 is 0. The summed E-state index contributed by atoms with van der Waals surface area (Å²) in [5, 5.41) is 0. The third kappa shape index (κ3) is 17.1. The second kappa shape index (κ2) is 18.4. The number of rotatable bonds is 18. The molecule has 0 aromatic carbocycles. The maximum absolute atomic E-state index is 12.8. The number of nitrogen functional groups attached to an aromatic ring is 1. The van der Waals surface area contributed by atoms with Crippen LogP contribution in [0.3, 0.4) is 0 Å². The van der Waals surface area contributed by atoms with Crippen LogP contribution >= 0.6 is 66.6 Å². The average molecular weight is 805 g/mol. The highest BCUT2D eigenvalue weighted by molar-refractivity contribution is 8.77. The highest BCUT2D eigenvalue weighted by Crippen LogP contribution is 2.66. The van der Waals surface area contributed by atoms with Gasteiger partial charge in [-0.15, -0.1) is 0 Å². The van der Waals surface area contributed by atoms with Crippen molar-refractivity contribution in [2.24, 2.45) is 5.73 Å². The smallest absolute Gasteiger partial charge is 0.382 e. The summed E-state index contributed by atoms with van der Waals surface area (Å²) in [5.74, 6) is 5.98. The molecule has 270 valence electrons. The van der Waals surface area contributed by atoms with E-state index in [4.69, 9.17) is 40.0 Å². The molecule has 1 saturated heterocycles. The van der Waals surface area contributed by atoms with E-state index in [1.165, 1.54) is 38.6 Å². The molecule has 0 radical (unpaired) electrons. The molecule has 25 heteroatoms. The first-order valence-corrected chi connectivity index (χ1v) is 22.5. The molecule has 1 aliphatic rings. The van der Waals surface area contributed by atoms with E-state index < -0.39 is 54.2 Å². The first-order chi connectivity index (χ1) is 21.5. The van der Waals surface area contributed by atoms with Crippen LogP contribution < -0.4 is 17.2 Å². The molecule has 0 saturated carbocycles. The monoisotopic (exact) mass is 804 g/mol. The van der Waals surface area contributed by atoms with Crippen molar-refractivity contribution in [3.8, 4) is 11.8 Å². The fraction of sp³-hybridized carbons (Fsp3) is 0.727. The molecule has 2 rings (SSSR count). The molecule has 0 spiro atoms. The second-order valence-electron chi connectivity index (χ2n) is 11.1. The number of phosphoric acid groups is 3. The number of anilines is 1. The molecule has 1 fully saturated rings. The zero-order valence-corrected chi connectivity index (χ0v) is 31.9. The van der Waals surface area contributed by atoms with Crippen LogP contribution in [0, 0.1) is 11.8 Å². The molecule has 2 heterocycles. The SMILES string of the molecule is CC(C)(C)SSCOC1C[C@H](n2cc(C#CCOCSSC(C)(C)CN)c(N)nc2=O)O[C@@H]1COP(=O)(O)OP(=O)(O)OP(=O)(O)O. The van der Waals surface area contributed by atoms with Gasteiger partial charge in [-0.1, -0.05) is 75.8 Å². The zero-order chi connectivity index (χ0) is 35.7. The van der Waals surface area contributed by atoms with Gasteiger partial charge in [0.25, 0.3) is 0 Å². The molecule has 3 unspecified atom stereocenters. The summed E-state index contributed by atoms with van der Waals surface area (Å²) in [7, 11) is -10.7. The lowest BCUT2D eigenvalue weighted by Gasteiger charge is -2.22.